The van der Waals surface area contributed by atoms with Crippen molar-refractivity contribution in [1.29, 1.82) is 0 Å². The standard InChI is InChI=1S/C13H14FN3O2/c1-8-5-9(3-4-11(8)14)15-13-16-10(7-19-2)6-12(18)17-13/h3-6H,7H2,1-2H3,(H2,15,16,17,18). The number of aryl methyl sites for hydroxylation is 1. The number of anilines is 2. The maximum absolute atomic E-state index is 13.1. The molecule has 0 aliphatic heterocycles. The minimum absolute atomic E-state index is 0.251. The number of halogens is 1. The van der Waals surface area contributed by atoms with Crippen LogP contribution in [0, 0.1) is 12.7 Å². The zero-order chi connectivity index (χ0) is 13.8. The third kappa shape index (κ3) is 3.38. The molecule has 0 atom stereocenters. The molecule has 2 aromatic rings. The van der Waals surface area contributed by atoms with Crippen molar-refractivity contribution >= 4 is 11.6 Å². The predicted octanol–water partition coefficient (Wildman–Crippen LogP) is 2.11. The molecule has 0 fully saturated rings. The smallest absolute Gasteiger partial charge is 0.252 e. The highest BCUT2D eigenvalue weighted by molar-refractivity contribution is 5.54. The summed E-state index contributed by atoms with van der Waals surface area (Å²) in [4.78, 5) is 18.2. The highest BCUT2D eigenvalue weighted by Gasteiger charge is 2.03. The minimum atomic E-state index is -0.278. The van der Waals surface area contributed by atoms with Crippen LogP contribution in [-0.4, -0.2) is 17.1 Å². The van der Waals surface area contributed by atoms with Gasteiger partial charge in [0.1, 0.15) is 5.82 Å². The number of benzene rings is 1. The number of rotatable bonds is 4. The van der Waals surface area contributed by atoms with Gasteiger partial charge in [-0.3, -0.25) is 9.78 Å². The van der Waals surface area contributed by atoms with Crippen molar-refractivity contribution in [3.63, 3.8) is 0 Å². The SMILES string of the molecule is COCc1cc(=O)[nH]c(Nc2ccc(F)c(C)c2)n1. The minimum Gasteiger partial charge on any atom is -0.378 e. The Morgan fingerprint density at radius 2 is 2.21 bits per heavy atom. The topological polar surface area (TPSA) is 67.0 Å². The summed E-state index contributed by atoms with van der Waals surface area (Å²) in [5.41, 5.74) is 1.41. The molecular weight excluding hydrogens is 249 g/mol. The molecule has 0 unspecified atom stereocenters. The third-order valence-corrected chi connectivity index (χ3v) is 2.51. The molecule has 0 aliphatic carbocycles. The van der Waals surface area contributed by atoms with Gasteiger partial charge in [0.2, 0.25) is 5.95 Å². The average molecular weight is 263 g/mol. The molecule has 0 saturated carbocycles. The number of methoxy groups -OCH3 is 1. The van der Waals surface area contributed by atoms with Crippen LogP contribution in [0.25, 0.3) is 0 Å². The summed E-state index contributed by atoms with van der Waals surface area (Å²) in [6.45, 7) is 1.92. The zero-order valence-corrected chi connectivity index (χ0v) is 10.7. The molecule has 0 amide bonds. The number of aromatic nitrogens is 2. The van der Waals surface area contributed by atoms with Crippen LogP contribution >= 0.6 is 0 Å². The van der Waals surface area contributed by atoms with Crippen LogP contribution in [0.4, 0.5) is 16.0 Å². The van der Waals surface area contributed by atoms with Gasteiger partial charge < -0.3 is 10.1 Å². The maximum Gasteiger partial charge on any atom is 0.252 e. The molecular formula is C13H14FN3O2. The summed E-state index contributed by atoms with van der Waals surface area (Å²) < 4.78 is 18.1. The van der Waals surface area contributed by atoms with Crippen LogP contribution < -0.4 is 10.9 Å². The van der Waals surface area contributed by atoms with Crippen molar-refractivity contribution in [1.82, 2.24) is 9.97 Å². The second kappa shape index (κ2) is 5.62. The normalized spacial score (nSPS) is 10.5. The number of nitrogens with zero attached hydrogens (tertiary/aromatic N) is 1. The van der Waals surface area contributed by atoms with Gasteiger partial charge >= 0.3 is 0 Å². The van der Waals surface area contributed by atoms with E-state index in [2.05, 4.69) is 15.3 Å². The second-order valence-electron chi connectivity index (χ2n) is 4.11. The van der Waals surface area contributed by atoms with Crippen molar-refractivity contribution in [2.45, 2.75) is 13.5 Å². The highest BCUT2D eigenvalue weighted by Crippen LogP contribution is 2.16. The molecule has 0 aliphatic rings. The van der Waals surface area contributed by atoms with E-state index in [1.165, 1.54) is 19.2 Å². The van der Waals surface area contributed by atoms with E-state index in [1.54, 1.807) is 19.1 Å². The van der Waals surface area contributed by atoms with E-state index >= 15 is 0 Å². The number of aromatic amines is 1. The average Bonchev–Trinajstić information content (AvgIpc) is 2.33. The van der Waals surface area contributed by atoms with Crippen molar-refractivity contribution < 1.29 is 9.13 Å². The van der Waals surface area contributed by atoms with Crippen LogP contribution in [-0.2, 0) is 11.3 Å². The van der Waals surface area contributed by atoms with Crippen LogP contribution in [0.15, 0.2) is 29.1 Å². The van der Waals surface area contributed by atoms with Crippen molar-refractivity contribution in [3.05, 3.63) is 51.7 Å². The molecule has 0 spiro atoms. The number of hydrogen-bond donors (Lipinski definition) is 2. The molecule has 2 N–H and O–H groups in total. The predicted molar refractivity (Wildman–Crippen MR) is 70.0 cm³/mol. The maximum atomic E-state index is 13.1. The van der Waals surface area contributed by atoms with Crippen LogP contribution in [0.2, 0.25) is 0 Å². The fourth-order valence-corrected chi connectivity index (χ4v) is 1.65. The Bertz CT molecular complexity index is 640. The summed E-state index contributed by atoms with van der Waals surface area (Å²) in [6, 6.07) is 5.93. The Labute approximate surface area is 109 Å². The number of hydrogen-bond acceptors (Lipinski definition) is 4. The van der Waals surface area contributed by atoms with E-state index in [0.29, 0.717) is 22.9 Å². The number of nitrogens with one attached hydrogen (secondary N) is 2. The monoisotopic (exact) mass is 263 g/mol. The highest BCUT2D eigenvalue weighted by atomic mass is 19.1. The summed E-state index contributed by atoms with van der Waals surface area (Å²) >= 11 is 0. The first-order chi connectivity index (χ1) is 9.08. The third-order valence-electron chi connectivity index (χ3n) is 2.51. The fraction of sp³-hybridized carbons (Fsp3) is 0.231. The van der Waals surface area contributed by atoms with Gasteiger partial charge in [-0.1, -0.05) is 0 Å². The van der Waals surface area contributed by atoms with E-state index < -0.39 is 0 Å². The Kier molecular flexibility index (Phi) is 3.91. The van der Waals surface area contributed by atoms with Gasteiger partial charge in [0.15, 0.2) is 0 Å². The fourth-order valence-electron chi connectivity index (χ4n) is 1.65. The summed E-state index contributed by atoms with van der Waals surface area (Å²) in [5.74, 6) is 0.0192. The largest absolute Gasteiger partial charge is 0.378 e. The van der Waals surface area contributed by atoms with Gasteiger partial charge in [-0.25, -0.2) is 9.37 Å². The lowest BCUT2D eigenvalue weighted by Gasteiger charge is -2.08. The van der Waals surface area contributed by atoms with E-state index in [9.17, 15) is 9.18 Å². The second-order valence-corrected chi connectivity index (χ2v) is 4.11. The summed E-state index contributed by atoms with van der Waals surface area (Å²) in [6.07, 6.45) is 0. The van der Waals surface area contributed by atoms with Crippen molar-refractivity contribution in [3.8, 4) is 0 Å². The first kappa shape index (κ1) is 13.2. The Hall–Kier alpha value is -2.21. The van der Waals surface area contributed by atoms with E-state index in [4.69, 9.17) is 4.74 Å². The van der Waals surface area contributed by atoms with Crippen molar-refractivity contribution in [2.24, 2.45) is 0 Å². The van der Waals surface area contributed by atoms with E-state index in [0.717, 1.165) is 0 Å². The molecule has 1 aromatic heterocycles. The lowest BCUT2D eigenvalue weighted by atomic mass is 10.2. The molecule has 1 aromatic carbocycles. The molecule has 5 nitrogen and oxygen atoms in total. The quantitative estimate of drug-likeness (QED) is 0.886. The van der Waals surface area contributed by atoms with Crippen molar-refractivity contribution in [2.75, 3.05) is 12.4 Å². The lowest BCUT2D eigenvalue weighted by molar-refractivity contribution is 0.181. The van der Waals surface area contributed by atoms with Gasteiger partial charge in [-0.2, -0.15) is 0 Å². The molecule has 1 heterocycles. The molecule has 100 valence electrons. The molecule has 0 saturated heterocycles. The van der Waals surface area contributed by atoms with E-state index in [-0.39, 0.29) is 18.0 Å². The number of ether oxygens (including phenoxy) is 1. The number of H-pyrrole nitrogens is 1. The van der Waals surface area contributed by atoms with Gasteiger partial charge in [-0.05, 0) is 30.7 Å². The Balaban J connectivity index is 2.27. The van der Waals surface area contributed by atoms with Gasteiger partial charge in [-0.15, -0.1) is 0 Å². The van der Waals surface area contributed by atoms with Gasteiger partial charge in [0, 0.05) is 18.9 Å². The van der Waals surface area contributed by atoms with Gasteiger partial charge in [0.05, 0.1) is 12.3 Å². The summed E-state index contributed by atoms with van der Waals surface area (Å²) in [5, 5.41) is 2.92. The summed E-state index contributed by atoms with van der Waals surface area (Å²) in [7, 11) is 1.53. The molecule has 0 radical (unpaired) electrons. The first-order valence-electron chi connectivity index (χ1n) is 5.71. The Morgan fingerprint density at radius 1 is 1.42 bits per heavy atom. The van der Waals surface area contributed by atoms with Gasteiger partial charge in [0.25, 0.3) is 5.56 Å². The van der Waals surface area contributed by atoms with E-state index in [1.807, 2.05) is 0 Å². The lowest BCUT2D eigenvalue weighted by Crippen LogP contribution is -2.12. The molecule has 2 rings (SSSR count). The first-order valence-corrected chi connectivity index (χ1v) is 5.71. The van der Waals surface area contributed by atoms with Crippen LogP contribution in [0.1, 0.15) is 11.3 Å². The zero-order valence-electron chi connectivity index (χ0n) is 10.7. The Morgan fingerprint density at radius 3 is 2.89 bits per heavy atom. The molecule has 19 heavy (non-hydrogen) atoms. The van der Waals surface area contributed by atoms with Crippen LogP contribution in [0.3, 0.4) is 0 Å². The molecule has 0 bridgehead atoms. The molecule has 6 heteroatoms. The van der Waals surface area contributed by atoms with Crippen LogP contribution in [0.5, 0.6) is 0 Å².